The normalized spacial score (nSPS) is 13.2. The molecule has 0 amide bonds. The van der Waals surface area contributed by atoms with Crippen LogP contribution < -0.4 is 9.47 Å². The first-order valence-corrected chi connectivity index (χ1v) is 9.47. The molecule has 0 spiro atoms. The molecule has 1 aliphatic rings. The number of fused-ring (bicyclic) bond motifs is 3. The molecule has 4 aromatic rings. The van der Waals surface area contributed by atoms with Crippen LogP contribution in [0.5, 0.6) is 11.5 Å². The van der Waals surface area contributed by atoms with Crippen LogP contribution in [0.1, 0.15) is 24.2 Å². The Bertz CT molecular complexity index is 1150. The van der Waals surface area contributed by atoms with Gasteiger partial charge in [-0.1, -0.05) is 0 Å². The van der Waals surface area contributed by atoms with Gasteiger partial charge in [0.2, 0.25) is 0 Å². The number of rotatable bonds is 5. The minimum absolute atomic E-state index is 0.180. The maximum Gasteiger partial charge on any atom is 0.349 e. The van der Waals surface area contributed by atoms with E-state index >= 15 is 0 Å². The van der Waals surface area contributed by atoms with Gasteiger partial charge in [-0.2, -0.15) is 0 Å². The van der Waals surface area contributed by atoms with Crippen LogP contribution in [0.3, 0.4) is 0 Å². The largest absolute Gasteiger partial charge is 0.482 e. The van der Waals surface area contributed by atoms with Crippen molar-refractivity contribution in [2.45, 2.75) is 25.7 Å². The summed E-state index contributed by atoms with van der Waals surface area (Å²) >= 11 is 0. The molecule has 0 radical (unpaired) electrons. The van der Waals surface area contributed by atoms with Gasteiger partial charge in [0.1, 0.15) is 29.2 Å². The summed E-state index contributed by atoms with van der Waals surface area (Å²) in [5.41, 5.74) is 2.90. The molecule has 146 valence electrons. The Morgan fingerprint density at radius 3 is 2.72 bits per heavy atom. The predicted octanol–water partition coefficient (Wildman–Crippen LogP) is 3.27. The van der Waals surface area contributed by atoms with E-state index in [0.29, 0.717) is 11.5 Å². The SMILES string of the molecule is O=C(COc1ccc2oc3c(c2c1)CCCC3)Oc1ccc(-n2cnnn2)cc1. The number of aromatic nitrogens is 4. The summed E-state index contributed by atoms with van der Waals surface area (Å²) in [4.78, 5) is 12.1. The molecule has 2 aromatic heterocycles. The zero-order valence-corrected chi connectivity index (χ0v) is 15.6. The van der Waals surface area contributed by atoms with Crippen molar-refractivity contribution in [3.63, 3.8) is 0 Å². The molecular formula is C21H18N4O4. The molecule has 0 fully saturated rings. The summed E-state index contributed by atoms with van der Waals surface area (Å²) in [5, 5.41) is 12.1. The number of carbonyl (C=O) groups excluding carboxylic acids is 1. The molecule has 0 N–H and O–H groups in total. The van der Waals surface area contributed by atoms with Crippen molar-refractivity contribution in [2.24, 2.45) is 0 Å². The van der Waals surface area contributed by atoms with Crippen molar-refractivity contribution in [1.29, 1.82) is 0 Å². The Balaban J connectivity index is 1.22. The molecule has 0 saturated heterocycles. The van der Waals surface area contributed by atoms with Crippen LogP contribution in [-0.2, 0) is 17.6 Å². The summed E-state index contributed by atoms with van der Waals surface area (Å²) in [6.07, 6.45) is 5.83. The molecule has 5 rings (SSSR count). The van der Waals surface area contributed by atoms with Gasteiger partial charge in [0.05, 0.1) is 5.69 Å². The third-order valence-electron chi connectivity index (χ3n) is 4.97. The van der Waals surface area contributed by atoms with Crippen LogP contribution in [0.2, 0.25) is 0 Å². The van der Waals surface area contributed by atoms with Crippen molar-refractivity contribution in [3.8, 4) is 17.2 Å². The first kappa shape index (κ1) is 17.4. The number of hydrogen-bond donors (Lipinski definition) is 0. The fourth-order valence-corrected chi connectivity index (χ4v) is 3.58. The summed E-state index contributed by atoms with van der Waals surface area (Å²) in [6, 6.07) is 12.5. The lowest BCUT2D eigenvalue weighted by Crippen LogP contribution is -2.17. The number of nitrogens with zero attached hydrogens (tertiary/aromatic N) is 4. The van der Waals surface area contributed by atoms with E-state index in [-0.39, 0.29) is 6.61 Å². The van der Waals surface area contributed by atoms with Gasteiger partial charge in [-0.3, -0.25) is 0 Å². The van der Waals surface area contributed by atoms with Gasteiger partial charge in [-0.05, 0) is 72.2 Å². The van der Waals surface area contributed by atoms with E-state index < -0.39 is 5.97 Å². The Hall–Kier alpha value is -3.68. The molecule has 2 aromatic carbocycles. The summed E-state index contributed by atoms with van der Waals surface area (Å²) in [6.45, 7) is -0.180. The highest BCUT2D eigenvalue weighted by Crippen LogP contribution is 2.33. The molecule has 8 heteroatoms. The molecule has 1 aliphatic carbocycles. The second-order valence-corrected chi connectivity index (χ2v) is 6.88. The summed E-state index contributed by atoms with van der Waals surface area (Å²) < 4.78 is 18.4. The van der Waals surface area contributed by atoms with Gasteiger partial charge in [-0.15, -0.1) is 5.10 Å². The number of esters is 1. The van der Waals surface area contributed by atoms with Gasteiger partial charge < -0.3 is 13.9 Å². The van der Waals surface area contributed by atoms with Crippen LogP contribution in [0.15, 0.2) is 53.2 Å². The van der Waals surface area contributed by atoms with Crippen LogP contribution >= 0.6 is 0 Å². The molecule has 0 unspecified atom stereocenters. The number of carbonyl (C=O) groups is 1. The number of hydrogen-bond acceptors (Lipinski definition) is 7. The highest BCUT2D eigenvalue weighted by atomic mass is 16.6. The molecular weight excluding hydrogens is 372 g/mol. The van der Waals surface area contributed by atoms with Crippen molar-refractivity contribution in [1.82, 2.24) is 20.2 Å². The Labute approximate surface area is 166 Å². The molecule has 0 atom stereocenters. The molecule has 2 heterocycles. The lowest BCUT2D eigenvalue weighted by Gasteiger charge is -2.09. The molecule has 0 saturated carbocycles. The number of aryl methyl sites for hydroxylation is 2. The van der Waals surface area contributed by atoms with Crippen molar-refractivity contribution in [3.05, 3.63) is 60.1 Å². The van der Waals surface area contributed by atoms with E-state index in [9.17, 15) is 4.79 Å². The first-order valence-electron chi connectivity index (χ1n) is 9.47. The predicted molar refractivity (Wildman–Crippen MR) is 103 cm³/mol. The zero-order chi connectivity index (χ0) is 19.6. The Morgan fingerprint density at radius 2 is 1.90 bits per heavy atom. The van der Waals surface area contributed by atoms with Crippen molar-refractivity contribution >= 4 is 16.9 Å². The third kappa shape index (κ3) is 3.56. The number of furan rings is 1. The van der Waals surface area contributed by atoms with E-state index in [2.05, 4.69) is 15.5 Å². The summed E-state index contributed by atoms with van der Waals surface area (Å²) in [5.74, 6) is 1.65. The Kier molecular flexibility index (Phi) is 4.44. The maximum atomic E-state index is 12.1. The fourth-order valence-electron chi connectivity index (χ4n) is 3.58. The highest BCUT2D eigenvalue weighted by molar-refractivity contribution is 5.84. The maximum absolute atomic E-state index is 12.1. The lowest BCUT2D eigenvalue weighted by molar-refractivity contribution is -0.136. The van der Waals surface area contributed by atoms with Gasteiger partial charge in [-0.25, -0.2) is 9.48 Å². The van der Waals surface area contributed by atoms with Crippen LogP contribution in [0, 0.1) is 0 Å². The molecule has 8 nitrogen and oxygen atoms in total. The van der Waals surface area contributed by atoms with Crippen LogP contribution in [0.4, 0.5) is 0 Å². The molecule has 0 bridgehead atoms. The van der Waals surface area contributed by atoms with Crippen LogP contribution in [-0.4, -0.2) is 32.8 Å². The van der Waals surface area contributed by atoms with E-state index in [1.165, 1.54) is 29.4 Å². The first-order chi connectivity index (χ1) is 14.3. The fraction of sp³-hybridized carbons (Fsp3) is 0.238. The van der Waals surface area contributed by atoms with Gasteiger partial charge >= 0.3 is 5.97 Å². The lowest BCUT2D eigenvalue weighted by atomic mass is 9.96. The molecule has 0 aliphatic heterocycles. The second-order valence-electron chi connectivity index (χ2n) is 6.88. The van der Waals surface area contributed by atoms with E-state index in [1.54, 1.807) is 24.3 Å². The van der Waals surface area contributed by atoms with E-state index in [4.69, 9.17) is 13.9 Å². The third-order valence-corrected chi connectivity index (χ3v) is 4.97. The monoisotopic (exact) mass is 390 g/mol. The van der Waals surface area contributed by atoms with E-state index in [1.807, 2.05) is 18.2 Å². The van der Waals surface area contributed by atoms with Crippen molar-refractivity contribution < 1.29 is 18.7 Å². The van der Waals surface area contributed by atoms with Gasteiger partial charge in [0.25, 0.3) is 0 Å². The Morgan fingerprint density at radius 1 is 1.07 bits per heavy atom. The average molecular weight is 390 g/mol. The quantitative estimate of drug-likeness (QED) is 0.381. The number of tetrazole rings is 1. The minimum Gasteiger partial charge on any atom is -0.482 e. The molecule has 29 heavy (non-hydrogen) atoms. The van der Waals surface area contributed by atoms with Gasteiger partial charge in [0, 0.05) is 17.4 Å². The van der Waals surface area contributed by atoms with Gasteiger partial charge in [0.15, 0.2) is 6.61 Å². The standard InChI is InChI=1S/C21H18N4O4/c26-21(28-15-7-5-14(6-8-15)25-13-22-23-24-25)12-27-16-9-10-20-18(11-16)17-3-1-2-4-19(17)29-20/h5-11,13H,1-4,12H2. The second kappa shape index (κ2) is 7.38. The highest BCUT2D eigenvalue weighted by Gasteiger charge is 2.18. The average Bonchev–Trinajstić information content (AvgIpc) is 3.41. The van der Waals surface area contributed by atoms with Crippen molar-refractivity contribution in [2.75, 3.05) is 6.61 Å². The topological polar surface area (TPSA) is 92.3 Å². The summed E-state index contributed by atoms with van der Waals surface area (Å²) in [7, 11) is 0. The zero-order valence-electron chi connectivity index (χ0n) is 15.6. The number of ether oxygens (including phenoxy) is 2. The smallest absolute Gasteiger partial charge is 0.349 e. The van der Waals surface area contributed by atoms with E-state index in [0.717, 1.165) is 35.3 Å². The van der Waals surface area contributed by atoms with Crippen LogP contribution in [0.25, 0.3) is 16.7 Å². The number of benzene rings is 2. The minimum atomic E-state index is -0.477.